The topological polar surface area (TPSA) is 78.9 Å². The van der Waals surface area contributed by atoms with Crippen LogP contribution in [-0.2, 0) is 18.9 Å². The molecule has 1 aromatic heterocycles. The van der Waals surface area contributed by atoms with Gasteiger partial charge in [0.25, 0.3) is 0 Å². The Balaban J connectivity index is 2.03. The van der Waals surface area contributed by atoms with Crippen molar-refractivity contribution in [2.75, 3.05) is 65.2 Å². The van der Waals surface area contributed by atoms with E-state index < -0.39 is 0 Å². The number of methoxy groups -OCH3 is 1. The Morgan fingerprint density at radius 3 is 2.20 bits per heavy atom. The number of aromatic nitrogens is 1. The molecule has 0 saturated carbocycles. The normalized spacial score (nSPS) is 11.0. The third-order valence-electron chi connectivity index (χ3n) is 3.25. The number of ketones is 1. The van der Waals surface area contributed by atoms with Crippen LogP contribution in [0.1, 0.15) is 24.3 Å². The maximum Gasteiger partial charge on any atom is 0.183 e. The molecule has 7 heteroatoms. The van der Waals surface area contributed by atoms with Crippen LogP contribution in [0.5, 0.6) is 0 Å². The van der Waals surface area contributed by atoms with E-state index in [1.165, 1.54) is 0 Å². The SMILES string of the molecule is COCCOCCOCCOCCNc1cccc(C(=O)C(C)C)n1. The molecule has 0 unspecified atom stereocenters. The number of pyridine rings is 1. The van der Waals surface area contributed by atoms with E-state index in [0.717, 1.165) is 0 Å². The number of rotatable bonds is 15. The molecule has 0 fully saturated rings. The number of carbonyl (C=O) groups is 1. The van der Waals surface area contributed by atoms with Crippen LogP contribution in [-0.4, -0.2) is 70.7 Å². The zero-order valence-electron chi connectivity index (χ0n) is 15.5. The highest BCUT2D eigenvalue weighted by atomic mass is 16.6. The number of hydrogen-bond acceptors (Lipinski definition) is 7. The molecule has 0 aromatic carbocycles. The summed E-state index contributed by atoms with van der Waals surface area (Å²) in [6.07, 6.45) is 0. The molecule has 0 spiro atoms. The zero-order valence-corrected chi connectivity index (χ0v) is 15.5. The van der Waals surface area contributed by atoms with Crippen molar-refractivity contribution < 1.29 is 23.7 Å². The smallest absolute Gasteiger partial charge is 0.183 e. The van der Waals surface area contributed by atoms with Crippen LogP contribution in [0.3, 0.4) is 0 Å². The van der Waals surface area contributed by atoms with Crippen molar-refractivity contribution in [3.05, 3.63) is 23.9 Å². The number of ether oxygens (including phenoxy) is 4. The Hall–Kier alpha value is -1.54. The van der Waals surface area contributed by atoms with Crippen LogP contribution in [0.15, 0.2) is 18.2 Å². The van der Waals surface area contributed by atoms with Crippen molar-refractivity contribution in [2.24, 2.45) is 5.92 Å². The van der Waals surface area contributed by atoms with Gasteiger partial charge in [0.2, 0.25) is 0 Å². The molecule has 1 aromatic rings. The summed E-state index contributed by atoms with van der Waals surface area (Å²) in [5.41, 5.74) is 0.488. The molecule has 142 valence electrons. The van der Waals surface area contributed by atoms with Gasteiger partial charge < -0.3 is 24.3 Å². The molecule has 0 aliphatic carbocycles. The minimum atomic E-state index is -0.0588. The maximum atomic E-state index is 11.9. The highest BCUT2D eigenvalue weighted by Crippen LogP contribution is 2.09. The Labute approximate surface area is 150 Å². The highest BCUT2D eigenvalue weighted by Gasteiger charge is 2.11. The van der Waals surface area contributed by atoms with Gasteiger partial charge in [0, 0.05) is 19.6 Å². The standard InChI is InChI=1S/C18H30N2O5/c1-15(2)18(21)16-5-4-6-17(20-16)19-7-8-23-11-12-25-14-13-24-10-9-22-3/h4-6,15H,7-14H2,1-3H3,(H,19,20). The van der Waals surface area contributed by atoms with Gasteiger partial charge >= 0.3 is 0 Å². The summed E-state index contributed by atoms with van der Waals surface area (Å²) in [7, 11) is 1.64. The van der Waals surface area contributed by atoms with Crippen molar-refractivity contribution in [3.63, 3.8) is 0 Å². The maximum absolute atomic E-state index is 11.9. The van der Waals surface area contributed by atoms with Gasteiger partial charge in [-0.15, -0.1) is 0 Å². The molecule has 0 aliphatic heterocycles. The predicted octanol–water partition coefficient (Wildman–Crippen LogP) is 2.03. The van der Waals surface area contributed by atoms with E-state index in [-0.39, 0.29) is 11.7 Å². The number of nitrogens with zero attached hydrogens (tertiary/aromatic N) is 1. The molecule has 0 saturated heterocycles. The summed E-state index contributed by atoms with van der Waals surface area (Å²) >= 11 is 0. The van der Waals surface area contributed by atoms with E-state index in [0.29, 0.717) is 64.3 Å². The second-order valence-electron chi connectivity index (χ2n) is 5.68. The largest absolute Gasteiger partial charge is 0.382 e. The Kier molecular flexibility index (Phi) is 11.8. The Morgan fingerprint density at radius 1 is 1.00 bits per heavy atom. The van der Waals surface area contributed by atoms with E-state index >= 15 is 0 Å². The molecular weight excluding hydrogens is 324 g/mol. The molecule has 1 rings (SSSR count). The van der Waals surface area contributed by atoms with Crippen LogP contribution >= 0.6 is 0 Å². The molecule has 1 heterocycles. The van der Waals surface area contributed by atoms with Crippen molar-refractivity contribution in [1.82, 2.24) is 4.98 Å². The van der Waals surface area contributed by atoms with E-state index in [1.807, 2.05) is 26.0 Å². The lowest BCUT2D eigenvalue weighted by molar-refractivity contribution is 0.00495. The van der Waals surface area contributed by atoms with Gasteiger partial charge in [0.1, 0.15) is 11.5 Å². The quantitative estimate of drug-likeness (QED) is 0.381. The second-order valence-corrected chi connectivity index (χ2v) is 5.68. The van der Waals surface area contributed by atoms with Crippen molar-refractivity contribution in [2.45, 2.75) is 13.8 Å². The molecule has 25 heavy (non-hydrogen) atoms. The minimum absolute atomic E-state index is 0.0447. The monoisotopic (exact) mass is 354 g/mol. The number of nitrogens with one attached hydrogen (secondary N) is 1. The van der Waals surface area contributed by atoms with Crippen LogP contribution in [0.4, 0.5) is 5.82 Å². The summed E-state index contributed by atoms with van der Waals surface area (Å²) in [5.74, 6) is 0.666. The summed E-state index contributed by atoms with van der Waals surface area (Å²) in [6.45, 7) is 8.23. The van der Waals surface area contributed by atoms with E-state index in [4.69, 9.17) is 18.9 Å². The molecule has 1 N–H and O–H groups in total. The number of carbonyl (C=O) groups excluding carboxylic acids is 1. The molecular formula is C18H30N2O5. The van der Waals surface area contributed by atoms with E-state index in [2.05, 4.69) is 10.3 Å². The number of anilines is 1. The van der Waals surface area contributed by atoms with Gasteiger partial charge in [-0.3, -0.25) is 4.79 Å². The first-order valence-corrected chi connectivity index (χ1v) is 8.62. The van der Waals surface area contributed by atoms with Crippen molar-refractivity contribution in [3.8, 4) is 0 Å². The first kappa shape index (κ1) is 21.5. The van der Waals surface area contributed by atoms with Crippen LogP contribution in [0, 0.1) is 5.92 Å². The third kappa shape index (κ3) is 10.1. The second kappa shape index (κ2) is 13.7. The van der Waals surface area contributed by atoms with Gasteiger partial charge in [-0.1, -0.05) is 19.9 Å². The summed E-state index contributed by atoms with van der Waals surface area (Å²) in [4.78, 5) is 16.2. The molecule has 0 aliphatic rings. The minimum Gasteiger partial charge on any atom is -0.382 e. The Bertz CT molecular complexity index is 482. The zero-order chi connectivity index (χ0) is 18.3. The fraction of sp³-hybridized carbons (Fsp3) is 0.667. The predicted molar refractivity (Wildman–Crippen MR) is 96.2 cm³/mol. The van der Waals surface area contributed by atoms with Crippen LogP contribution in [0.25, 0.3) is 0 Å². The van der Waals surface area contributed by atoms with Crippen LogP contribution in [0.2, 0.25) is 0 Å². The summed E-state index contributed by atoms with van der Waals surface area (Å²) < 4.78 is 21.0. The fourth-order valence-corrected chi connectivity index (χ4v) is 1.90. The average Bonchev–Trinajstić information content (AvgIpc) is 2.62. The summed E-state index contributed by atoms with van der Waals surface area (Å²) in [5, 5.41) is 3.15. The van der Waals surface area contributed by atoms with Gasteiger partial charge in [-0.25, -0.2) is 4.98 Å². The number of Topliss-reactive ketones (excluding diaryl/α,β-unsaturated/α-hetero) is 1. The molecule has 0 radical (unpaired) electrons. The van der Waals surface area contributed by atoms with Gasteiger partial charge in [0.15, 0.2) is 5.78 Å². The van der Waals surface area contributed by atoms with E-state index in [1.54, 1.807) is 13.2 Å². The lowest BCUT2D eigenvalue weighted by Crippen LogP contribution is -2.15. The molecule has 0 atom stereocenters. The Morgan fingerprint density at radius 2 is 1.60 bits per heavy atom. The fourth-order valence-electron chi connectivity index (χ4n) is 1.90. The molecule has 0 bridgehead atoms. The highest BCUT2D eigenvalue weighted by molar-refractivity contribution is 5.95. The first-order chi connectivity index (χ1) is 12.1. The lowest BCUT2D eigenvalue weighted by atomic mass is 10.1. The summed E-state index contributed by atoms with van der Waals surface area (Å²) in [6, 6.07) is 5.40. The third-order valence-corrected chi connectivity index (χ3v) is 3.25. The molecule has 0 amide bonds. The van der Waals surface area contributed by atoms with Gasteiger partial charge in [0.05, 0.1) is 46.2 Å². The average molecular weight is 354 g/mol. The van der Waals surface area contributed by atoms with Crippen LogP contribution < -0.4 is 5.32 Å². The van der Waals surface area contributed by atoms with Crippen molar-refractivity contribution in [1.29, 1.82) is 0 Å². The van der Waals surface area contributed by atoms with Gasteiger partial charge in [-0.2, -0.15) is 0 Å². The van der Waals surface area contributed by atoms with E-state index in [9.17, 15) is 4.79 Å². The number of hydrogen-bond donors (Lipinski definition) is 1. The lowest BCUT2D eigenvalue weighted by Gasteiger charge is -2.09. The molecule has 7 nitrogen and oxygen atoms in total. The van der Waals surface area contributed by atoms with Gasteiger partial charge in [-0.05, 0) is 12.1 Å². The van der Waals surface area contributed by atoms with Crippen molar-refractivity contribution >= 4 is 11.6 Å². The first-order valence-electron chi connectivity index (χ1n) is 8.62.